The number of aliphatic carboxylic acids is 1. The minimum atomic E-state index is -1.08. The lowest BCUT2D eigenvalue weighted by Crippen LogP contribution is -2.51. The molecular formula is C12H21N3O4. The van der Waals surface area contributed by atoms with E-state index in [-0.39, 0.29) is 24.4 Å². The van der Waals surface area contributed by atoms with Crippen LogP contribution in [0.5, 0.6) is 0 Å². The minimum Gasteiger partial charge on any atom is -0.480 e. The third-order valence-corrected chi connectivity index (χ3v) is 2.88. The first kappa shape index (κ1) is 15.3. The largest absolute Gasteiger partial charge is 0.480 e. The average molecular weight is 271 g/mol. The van der Waals surface area contributed by atoms with Crippen LogP contribution in [0.25, 0.3) is 0 Å². The number of carbonyl (C=O) groups is 3. The van der Waals surface area contributed by atoms with Crippen molar-refractivity contribution in [2.45, 2.75) is 38.8 Å². The van der Waals surface area contributed by atoms with Crippen molar-refractivity contribution in [2.24, 2.45) is 5.92 Å². The van der Waals surface area contributed by atoms with Crippen LogP contribution in [-0.4, -0.2) is 53.6 Å². The molecule has 0 bridgehead atoms. The molecule has 1 atom stereocenters. The van der Waals surface area contributed by atoms with E-state index >= 15 is 0 Å². The highest BCUT2D eigenvalue weighted by molar-refractivity contribution is 5.86. The highest BCUT2D eigenvalue weighted by atomic mass is 16.4. The van der Waals surface area contributed by atoms with Gasteiger partial charge < -0.3 is 20.6 Å². The van der Waals surface area contributed by atoms with Gasteiger partial charge in [-0.1, -0.05) is 13.8 Å². The van der Waals surface area contributed by atoms with Gasteiger partial charge in [0.1, 0.15) is 12.6 Å². The van der Waals surface area contributed by atoms with Crippen LogP contribution in [0.3, 0.4) is 0 Å². The van der Waals surface area contributed by atoms with E-state index in [9.17, 15) is 14.4 Å². The molecule has 7 heteroatoms. The molecule has 0 spiro atoms. The summed E-state index contributed by atoms with van der Waals surface area (Å²) >= 11 is 0. The van der Waals surface area contributed by atoms with Crippen molar-refractivity contribution in [2.75, 3.05) is 13.6 Å². The topological polar surface area (TPSA) is 98.7 Å². The Morgan fingerprint density at radius 2 is 1.89 bits per heavy atom. The lowest BCUT2D eigenvalue weighted by molar-refractivity contribution is -0.140. The van der Waals surface area contributed by atoms with E-state index < -0.39 is 18.0 Å². The Bertz CT molecular complexity index is 366. The van der Waals surface area contributed by atoms with Crippen LogP contribution >= 0.6 is 0 Å². The van der Waals surface area contributed by atoms with Gasteiger partial charge in [-0.2, -0.15) is 0 Å². The summed E-state index contributed by atoms with van der Waals surface area (Å²) in [5, 5.41) is 14.1. The number of amides is 3. The summed E-state index contributed by atoms with van der Waals surface area (Å²) in [5.41, 5.74) is 0. The standard InChI is InChI=1S/C12H21N3O4/c1-7(2)10(11(17)18)14-12(19)15(3)6-9(16)13-8-4-5-8/h7-8,10H,4-6H2,1-3H3,(H,13,16)(H,14,19)(H,17,18). The fourth-order valence-electron chi connectivity index (χ4n) is 1.54. The number of hydrogen-bond donors (Lipinski definition) is 3. The van der Waals surface area contributed by atoms with Gasteiger partial charge >= 0.3 is 12.0 Å². The summed E-state index contributed by atoms with van der Waals surface area (Å²) in [5.74, 6) is -1.54. The molecule has 0 saturated heterocycles. The lowest BCUT2D eigenvalue weighted by atomic mass is 10.1. The molecule has 0 aliphatic heterocycles. The summed E-state index contributed by atoms with van der Waals surface area (Å²) in [4.78, 5) is 35.4. The van der Waals surface area contributed by atoms with Gasteiger partial charge in [-0.05, 0) is 18.8 Å². The zero-order valence-electron chi connectivity index (χ0n) is 11.5. The molecule has 0 aromatic carbocycles. The predicted molar refractivity (Wildman–Crippen MR) is 68.6 cm³/mol. The molecular weight excluding hydrogens is 250 g/mol. The summed E-state index contributed by atoms with van der Waals surface area (Å²) in [7, 11) is 1.46. The number of nitrogens with zero attached hydrogens (tertiary/aromatic N) is 1. The Morgan fingerprint density at radius 1 is 1.32 bits per heavy atom. The van der Waals surface area contributed by atoms with Crippen molar-refractivity contribution in [1.29, 1.82) is 0 Å². The SMILES string of the molecule is CC(C)C(NC(=O)N(C)CC(=O)NC1CC1)C(=O)O. The first-order valence-electron chi connectivity index (χ1n) is 6.35. The number of carbonyl (C=O) groups excluding carboxylic acids is 2. The predicted octanol–water partition coefficient (Wildman–Crippen LogP) is 0.0156. The number of rotatable bonds is 6. The molecule has 1 unspecified atom stereocenters. The molecule has 1 fully saturated rings. The molecule has 108 valence electrons. The fourth-order valence-corrected chi connectivity index (χ4v) is 1.54. The van der Waals surface area contributed by atoms with Crippen molar-refractivity contribution >= 4 is 17.9 Å². The van der Waals surface area contributed by atoms with Gasteiger partial charge in [0.2, 0.25) is 5.91 Å². The quantitative estimate of drug-likeness (QED) is 0.634. The van der Waals surface area contributed by atoms with Crippen molar-refractivity contribution in [3.05, 3.63) is 0 Å². The minimum absolute atomic E-state index is 0.0766. The maximum absolute atomic E-state index is 11.8. The number of nitrogens with one attached hydrogen (secondary N) is 2. The molecule has 1 aliphatic carbocycles. The molecule has 3 amide bonds. The summed E-state index contributed by atoms with van der Waals surface area (Å²) < 4.78 is 0. The van der Waals surface area contributed by atoms with Gasteiger partial charge in [-0.15, -0.1) is 0 Å². The second kappa shape index (κ2) is 6.40. The van der Waals surface area contributed by atoms with E-state index in [1.807, 2.05) is 0 Å². The van der Waals surface area contributed by atoms with Crippen LogP contribution in [0.4, 0.5) is 4.79 Å². The third-order valence-electron chi connectivity index (χ3n) is 2.88. The number of carboxylic acid groups (broad SMARTS) is 1. The molecule has 1 rings (SSSR count). The normalized spacial score (nSPS) is 15.8. The maximum Gasteiger partial charge on any atom is 0.326 e. The average Bonchev–Trinajstić information content (AvgIpc) is 3.07. The van der Waals surface area contributed by atoms with Gasteiger partial charge in [-0.25, -0.2) is 9.59 Å². The smallest absolute Gasteiger partial charge is 0.326 e. The summed E-state index contributed by atoms with van der Waals surface area (Å²) in [6, 6.07) is -1.28. The van der Waals surface area contributed by atoms with Crippen LogP contribution in [0.2, 0.25) is 0 Å². The number of hydrogen-bond acceptors (Lipinski definition) is 3. The second-order valence-corrected chi connectivity index (χ2v) is 5.21. The van der Waals surface area contributed by atoms with Crippen LogP contribution in [0, 0.1) is 5.92 Å². The van der Waals surface area contributed by atoms with E-state index in [0.29, 0.717) is 0 Å². The monoisotopic (exact) mass is 271 g/mol. The molecule has 19 heavy (non-hydrogen) atoms. The fraction of sp³-hybridized carbons (Fsp3) is 0.750. The van der Waals surface area contributed by atoms with Gasteiger partial charge in [0, 0.05) is 13.1 Å². The first-order chi connectivity index (χ1) is 8.81. The van der Waals surface area contributed by atoms with Gasteiger partial charge in [0.05, 0.1) is 0 Å². The Labute approximate surface area is 112 Å². The highest BCUT2D eigenvalue weighted by Gasteiger charge is 2.27. The molecule has 0 aromatic heterocycles. The van der Waals surface area contributed by atoms with E-state index in [2.05, 4.69) is 10.6 Å². The first-order valence-corrected chi connectivity index (χ1v) is 6.35. The molecule has 1 saturated carbocycles. The Hall–Kier alpha value is -1.79. The van der Waals surface area contributed by atoms with Crippen molar-refractivity contribution in [1.82, 2.24) is 15.5 Å². The van der Waals surface area contributed by atoms with Crippen LogP contribution in [0.15, 0.2) is 0 Å². The Balaban J connectivity index is 2.41. The Morgan fingerprint density at radius 3 is 2.32 bits per heavy atom. The molecule has 3 N–H and O–H groups in total. The van der Waals surface area contributed by atoms with E-state index in [1.165, 1.54) is 11.9 Å². The van der Waals surface area contributed by atoms with Gasteiger partial charge in [0.15, 0.2) is 0 Å². The zero-order valence-corrected chi connectivity index (χ0v) is 11.5. The molecule has 1 aliphatic rings. The Kier molecular flexibility index (Phi) is 5.14. The van der Waals surface area contributed by atoms with Crippen molar-refractivity contribution in [3.8, 4) is 0 Å². The van der Waals surface area contributed by atoms with Crippen molar-refractivity contribution in [3.63, 3.8) is 0 Å². The maximum atomic E-state index is 11.8. The zero-order chi connectivity index (χ0) is 14.6. The van der Waals surface area contributed by atoms with Crippen LogP contribution < -0.4 is 10.6 Å². The molecule has 0 radical (unpaired) electrons. The number of urea groups is 1. The van der Waals surface area contributed by atoms with E-state index in [0.717, 1.165) is 12.8 Å². The van der Waals surface area contributed by atoms with Gasteiger partial charge in [0.25, 0.3) is 0 Å². The van der Waals surface area contributed by atoms with Crippen molar-refractivity contribution < 1.29 is 19.5 Å². The number of carboxylic acids is 1. The highest BCUT2D eigenvalue weighted by Crippen LogP contribution is 2.18. The molecule has 7 nitrogen and oxygen atoms in total. The summed E-state index contributed by atoms with van der Waals surface area (Å²) in [6.45, 7) is 3.34. The van der Waals surface area contributed by atoms with E-state index in [4.69, 9.17) is 5.11 Å². The van der Waals surface area contributed by atoms with E-state index in [1.54, 1.807) is 13.8 Å². The summed E-state index contributed by atoms with van der Waals surface area (Å²) in [6.07, 6.45) is 1.96. The van der Waals surface area contributed by atoms with Crippen LogP contribution in [0.1, 0.15) is 26.7 Å². The number of likely N-dealkylation sites (N-methyl/N-ethyl adjacent to an activating group) is 1. The van der Waals surface area contributed by atoms with Crippen LogP contribution in [-0.2, 0) is 9.59 Å². The molecule has 0 heterocycles. The third kappa shape index (κ3) is 5.15. The molecule has 0 aromatic rings. The lowest BCUT2D eigenvalue weighted by Gasteiger charge is -2.23. The second-order valence-electron chi connectivity index (χ2n) is 5.21. The van der Waals surface area contributed by atoms with Gasteiger partial charge in [-0.3, -0.25) is 4.79 Å².